The lowest BCUT2D eigenvalue weighted by atomic mass is 10.2. The molecule has 2 N–H and O–H groups in total. The molecule has 1 heterocycles. The molecular formula is C23H18FN5O4S. The van der Waals surface area contributed by atoms with Gasteiger partial charge in [0.15, 0.2) is 0 Å². The number of rotatable bonds is 7. The molecule has 1 aromatic heterocycles. The smallest absolute Gasteiger partial charge is 0.271 e. The van der Waals surface area contributed by atoms with Gasteiger partial charge in [-0.25, -0.2) is 9.37 Å². The van der Waals surface area contributed by atoms with Gasteiger partial charge in [0.1, 0.15) is 5.82 Å². The molecule has 0 saturated heterocycles. The van der Waals surface area contributed by atoms with E-state index in [9.17, 15) is 24.1 Å². The third-order valence-corrected chi connectivity index (χ3v) is 6.07. The fraction of sp³-hybridized carbons (Fsp3) is 0.0870. The molecule has 0 bridgehead atoms. The fourth-order valence-corrected chi connectivity index (χ4v) is 4.23. The van der Waals surface area contributed by atoms with E-state index in [-0.39, 0.29) is 27.7 Å². The second kappa shape index (κ2) is 9.71. The van der Waals surface area contributed by atoms with E-state index in [2.05, 4.69) is 15.8 Å². The van der Waals surface area contributed by atoms with E-state index < -0.39 is 16.6 Å². The van der Waals surface area contributed by atoms with Crippen molar-refractivity contribution in [2.45, 2.75) is 23.3 Å². The Morgan fingerprint density at radius 1 is 1.12 bits per heavy atom. The van der Waals surface area contributed by atoms with Gasteiger partial charge in [-0.3, -0.25) is 35.1 Å². The Kier molecular flexibility index (Phi) is 6.55. The number of nitrogens with one attached hydrogen (secondary N) is 2. The number of fused-ring (bicyclic) bond motifs is 1. The molecule has 172 valence electrons. The summed E-state index contributed by atoms with van der Waals surface area (Å²) in [5, 5.41) is 11.7. The van der Waals surface area contributed by atoms with Crippen molar-refractivity contribution in [1.82, 2.24) is 15.0 Å². The fourth-order valence-electron chi connectivity index (χ4n) is 3.28. The number of nitrogens with zero attached hydrogens (tertiary/aromatic N) is 3. The lowest BCUT2D eigenvalue weighted by Crippen LogP contribution is -2.34. The number of halogens is 1. The Hall–Kier alpha value is -4.25. The van der Waals surface area contributed by atoms with E-state index in [1.807, 2.05) is 0 Å². The number of carbonyl (C=O) groups is 1. The predicted molar refractivity (Wildman–Crippen MR) is 126 cm³/mol. The first-order valence-corrected chi connectivity index (χ1v) is 11.0. The zero-order valence-corrected chi connectivity index (χ0v) is 18.6. The quantitative estimate of drug-likeness (QED) is 0.298. The zero-order chi connectivity index (χ0) is 24.2. The minimum absolute atomic E-state index is 0.0406. The highest BCUT2D eigenvalue weighted by atomic mass is 32.2. The van der Waals surface area contributed by atoms with Gasteiger partial charge >= 0.3 is 0 Å². The van der Waals surface area contributed by atoms with Gasteiger partial charge in [0, 0.05) is 28.5 Å². The van der Waals surface area contributed by atoms with Crippen molar-refractivity contribution in [1.29, 1.82) is 0 Å². The van der Waals surface area contributed by atoms with Crippen LogP contribution in [0.3, 0.4) is 0 Å². The summed E-state index contributed by atoms with van der Waals surface area (Å²) < 4.78 is 15.5. The van der Waals surface area contributed by atoms with Gasteiger partial charge in [-0.2, -0.15) is 0 Å². The molecule has 0 aliphatic carbocycles. The molecule has 0 unspecified atom stereocenters. The van der Waals surface area contributed by atoms with Crippen molar-refractivity contribution in [2.75, 3.05) is 5.43 Å². The predicted octanol–water partition coefficient (Wildman–Crippen LogP) is 4.37. The normalized spacial score (nSPS) is 10.8. The summed E-state index contributed by atoms with van der Waals surface area (Å²) in [6, 6.07) is 16.6. The Labute approximate surface area is 196 Å². The van der Waals surface area contributed by atoms with E-state index in [0.29, 0.717) is 22.3 Å². The average molecular weight is 479 g/mol. The number of nitro groups is 1. The first-order chi connectivity index (χ1) is 16.4. The Morgan fingerprint density at radius 3 is 2.59 bits per heavy atom. The third-order valence-electron chi connectivity index (χ3n) is 4.94. The number of carbonyl (C=O) groups excluding carboxylic acids is 1. The van der Waals surface area contributed by atoms with Crippen LogP contribution in [-0.4, -0.2) is 20.4 Å². The Balaban J connectivity index is 1.66. The minimum Gasteiger partial charge on any atom is -0.277 e. The summed E-state index contributed by atoms with van der Waals surface area (Å²) in [5.74, 6) is -1.09. The third kappa shape index (κ3) is 4.59. The number of aromatic nitrogens is 2. The van der Waals surface area contributed by atoms with Gasteiger partial charge in [0.25, 0.3) is 17.2 Å². The molecule has 1 amide bonds. The summed E-state index contributed by atoms with van der Waals surface area (Å²) in [5.41, 5.74) is 4.92. The van der Waals surface area contributed by atoms with E-state index in [0.717, 1.165) is 17.8 Å². The van der Waals surface area contributed by atoms with Crippen LogP contribution in [0, 0.1) is 15.9 Å². The van der Waals surface area contributed by atoms with Gasteiger partial charge in [0.2, 0.25) is 5.95 Å². The van der Waals surface area contributed by atoms with Crippen LogP contribution in [0.25, 0.3) is 10.9 Å². The molecule has 0 fully saturated rings. The number of benzene rings is 3. The van der Waals surface area contributed by atoms with Crippen molar-refractivity contribution in [2.24, 2.45) is 0 Å². The first kappa shape index (κ1) is 22.9. The maximum atomic E-state index is 14.2. The molecule has 0 atom stereocenters. The highest BCUT2D eigenvalue weighted by molar-refractivity contribution is 7.99. The van der Waals surface area contributed by atoms with Crippen LogP contribution in [0.2, 0.25) is 0 Å². The van der Waals surface area contributed by atoms with Gasteiger partial charge in [-0.1, -0.05) is 36.0 Å². The molecule has 11 heteroatoms. The number of amides is 1. The Bertz CT molecular complexity index is 1470. The number of hydrazine groups is 1. The van der Waals surface area contributed by atoms with Gasteiger partial charge in [-0.15, -0.1) is 0 Å². The van der Waals surface area contributed by atoms with Crippen LogP contribution in [0.1, 0.15) is 17.3 Å². The van der Waals surface area contributed by atoms with Crippen LogP contribution in [0.5, 0.6) is 0 Å². The van der Waals surface area contributed by atoms with Crippen LogP contribution in [0.4, 0.5) is 16.0 Å². The molecule has 4 rings (SSSR count). The van der Waals surface area contributed by atoms with Crippen molar-refractivity contribution < 1.29 is 14.1 Å². The van der Waals surface area contributed by atoms with Crippen LogP contribution >= 0.6 is 11.8 Å². The summed E-state index contributed by atoms with van der Waals surface area (Å²) in [6.45, 7) is 2.05. The lowest BCUT2D eigenvalue weighted by Gasteiger charge is -2.15. The molecule has 4 aromatic rings. The van der Waals surface area contributed by atoms with E-state index in [1.165, 1.54) is 28.8 Å². The number of non-ortho nitro benzene ring substituents is 1. The number of para-hydroxylation sites is 1. The number of nitro benzene ring substituents is 1. The van der Waals surface area contributed by atoms with Crippen molar-refractivity contribution in [3.8, 4) is 0 Å². The number of anilines is 1. The Morgan fingerprint density at radius 2 is 1.85 bits per heavy atom. The zero-order valence-electron chi connectivity index (χ0n) is 17.8. The number of hydrogen-bond acceptors (Lipinski definition) is 7. The second-order valence-electron chi connectivity index (χ2n) is 7.05. The molecule has 0 aliphatic heterocycles. The van der Waals surface area contributed by atoms with Crippen molar-refractivity contribution in [3.63, 3.8) is 0 Å². The number of hydrogen-bond donors (Lipinski definition) is 2. The molecule has 34 heavy (non-hydrogen) atoms. The summed E-state index contributed by atoms with van der Waals surface area (Å²) in [7, 11) is 0. The monoisotopic (exact) mass is 479 g/mol. The second-order valence-corrected chi connectivity index (χ2v) is 8.13. The maximum Gasteiger partial charge on any atom is 0.271 e. The SMILES string of the molecule is CCn1c(NNC(=O)c2cc([N+](=O)[O-])ccc2Sc2ccccc2F)nc2ccccc2c1=O. The molecule has 0 radical (unpaired) electrons. The standard InChI is InChI=1S/C23H18FN5O4S/c1-2-28-22(31)15-7-3-5-9-18(15)25-23(28)27-26-21(30)16-13-14(29(32)33)11-12-19(16)34-20-10-6-4-8-17(20)24/h3-13H,2H2,1H3,(H,25,27)(H,26,30). The van der Waals surface area contributed by atoms with Crippen molar-refractivity contribution >= 4 is 40.2 Å². The summed E-state index contributed by atoms with van der Waals surface area (Å²) in [6.07, 6.45) is 0. The van der Waals surface area contributed by atoms with Crippen LogP contribution in [-0.2, 0) is 6.54 Å². The largest absolute Gasteiger partial charge is 0.277 e. The summed E-state index contributed by atoms with van der Waals surface area (Å²) >= 11 is 0.966. The van der Waals surface area contributed by atoms with Crippen LogP contribution in [0.15, 0.2) is 81.3 Å². The molecule has 0 aliphatic rings. The molecule has 0 saturated carbocycles. The first-order valence-electron chi connectivity index (χ1n) is 10.2. The van der Waals surface area contributed by atoms with E-state index in [1.54, 1.807) is 43.3 Å². The van der Waals surface area contributed by atoms with Gasteiger partial charge < -0.3 is 0 Å². The minimum atomic E-state index is -0.715. The lowest BCUT2D eigenvalue weighted by molar-refractivity contribution is -0.384. The highest BCUT2D eigenvalue weighted by Crippen LogP contribution is 2.34. The topological polar surface area (TPSA) is 119 Å². The van der Waals surface area contributed by atoms with Gasteiger partial charge in [-0.05, 0) is 37.3 Å². The summed E-state index contributed by atoms with van der Waals surface area (Å²) in [4.78, 5) is 41.4. The highest BCUT2D eigenvalue weighted by Gasteiger charge is 2.19. The molecule has 0 spiro atoms. The average Bonchev–Trinajstić information content (AvgIpc) is 2.84. The molecular weight excluding hydrogens is 461 g/mol. The molecule has 3 aromatic carbocycles. The van der Waals surface area contributed by atoms with Crippen LogP contribution < -0.4 is 16.4 Å². The van der Waals surface area contributed by atoms with Crippen molar-refractivity contribution in [3.05, 3.63) is 98.6 Å². The van der Waals surface area contributed by atoms with E-state index in [4.69, 9.17) is 0 Å². The van der Waals surface area contributed by atoms with Gasteiger partial charge in [0.05, 0.1) is 21.4 Å². The molecule has 9 nitrogen and oxygen atoms in total. The maximum absolute atomic E-state index is 14.2. The van der Waals surface area contributed by atoms with E-state index >= 15 is 0 Å².